The van der Waals surface area contributed by atoms with Crippen molar-refractivity contribution < 1.29 is 47.8 Å². The molecule has 2 unspecified atom stereocenters. The van der Waals surface area contributed by atoms with Crippen LogP contribution in [0.4, 0.5) is 0 Å². The van der Waals surface area contributed by atoms with Crippen molar-refractivity contribution in [2.75, 3.05) is 12.4 Å². The molecule has 6 heteroatoms. The maximum atomic E-state index is 10.4. The van der Waals surface area contributed by atoms with Crippen molar-refractivity contribution in [1.29, 1.82) is 0 Å². The van der Waals surface area contributed by atoms with Gasteiger partial charge in [-0.3, -0.25) is 4.21 Å². The van der Waals surface area contributed by atoms with E-state index in [9.17, 15) is 8.76 Å². The maximum Gasteiger partial charge on any atom is 1.00 e. The zero-order valence-corrected chi connectivity index (χ0v) is 11.2. The first-order chi connectivity index (χ1) is 6.75. The van der Waals surface area contributed by atoms with Crippen LogP contribution in [0.2, 0.25) is 0 Å². The molecule has 76 valence electrons. The van der Waals surface area contributed by atoms with Gasteiger partial charge in [0.15, 0.2) is 11.5 Å². The topological polar surface area (TPSA) is 58.6 Å². The second-order valence-corrected chi connectivity index (χ2v) is 3.91. The zero-order valence-electron chi connectivity index (χ0n) is 8.34. The van der Waals surface area contributed by atoms with Crippen LogP contribution in [0.1, 0.15) is 0 Å². The molecule has 0 aromatic heterocycles. The van der Waals surface area contributed by atoms with Crippen LogP contribution >= 0.6 is 0 Å². The molecule has 1 aliphatic rings. The first-order valence-corrected chi connectivity index (χ1v) is 5.44. The predicted octanol–water partition coefficient (Wildman–Crippen LogP) is -2.29. The van der Waals surface area contributed by atoms with Gasteiger partial charge in [-0.2, -0.15) is 0 Å². The maximum absolute atomic E-state index is 10.4. The molecule has 2 rings (SSSR count). The molecule has 2 atom stereocenters. The van der Waals surface area contributed by atoms with E-state index in [4.69, 9.17) is 9.47 Å². The molecule has 0 N–H and O–H groups in total. The molecule has 0 spiro atoms. The molecule has 0 bridgehead atoms. The summed E-state index contributed by atoms with van der Waals surface area (Å²) in [7, 11) is 0. The molecule has 15 heavy (non-hydrogen) atoms. The van der Waals surface area contributed by atoms with Gasteiger partial charge in [0.05, 0.1) is 5.75 Å². The molecule has 1 heterocycles. The molecule has 0 radical (unpaired) electrons. The van der Waals surface area contributed by atoms with Crippen molar-refractivity contribution in [3.8, 4) is 11.5 Å². The first kappa shape index (κ1) is 13.0. The monoisotopic (exact) mass is 236 g/mol. The van der Waals surface area contributed by atoms with E-state index in [2.05, 4.69) is 0 Å². The van der Waals surface area contributed by atoms with Gasteiger partial charge in [0.25, 0.3) is 0 Å². The van der Waals surface area contributed by atoms with Crippen molar-refractivity contribution in [3.63, 3.8) is 0 Å². The molecular weight excluding hydrogens is 227 g/mol. The van der Waals surface area contributed by atoms with Gasteiger partial charge in [-0.15, -0.1) is 0 Å². The van der Waals surface area contributed by atoms with Gasteiger partial charge in [0.2, 0.25) is 0 Å². The van der Waals surface area contributed by atoms with Gasteiger partial charge < -0.3 is 14.0 Å². The van der Waals surface area contributed by atoms with Crippen LogP contribution in [0.5, 0.6) is 11.5 Å². The van der Waals surface area contributed by atoms with Gasteiger partial charge in [0, 0.05) is 0 Å². The Morgan fingerprint density at radius 3 is 2.73 bits per heavy atom. The summed E-state index contributed by atoms with van der Waals surface area (Å²) in [4.78, 5) is 0. The molecule has 1 aromatic rings. The molecule has 0 fully saturated rings. The Bertz CT molecular complexity index is 358. The van der Waals surface area contributed by atoms with Gasteiger partial charge in [-0.25, -0.2) is 0 Å². The number of hydrogen-bond acceptors (Lipinski definition) is 4. The summed E-state index contributed by atoms with van der Waals surface area (Å²) in [6, 6.07) is 7.21. The van der Waals surface area contributed by atoms with Crippen LogP contribution in [0.3, 0.4) is 0 Å². The van der Waals surface area contributed by atoms with Crippen molar-refractivity contribution >= 4 is 11.1 Å². The third kappa shape index (κ3) is 3.46. The molecule has 0 aliphatic carbocycles. The van der Waals surface area contributed by atoms with Gasteiger partial charge in [0.1, 0.15) is 12.7 Å². The molecule has 1 aromatic carbocycles. The van der Waals surface area contributed by atoms with E-state index in [0.29, 0.717) is 11.5 Å². The summed E-state index contributed by atoms with van der Waals surface area (Å²) in [6.45, 7) is 0.283. The Morgan fingerprint density at radius 1 is 1.40 bits per heavy atom. The summed E-state index contributed by atoms with van der Waals surface area (Å²) in [5.41, 5.74) is 0. The van der Waals surface area contributed by atoms with Crippen LogP contribution < -0.4 is 39.0 Å². The normalized spacial score (nSPS) is 20.2. The molecule has 0 saturated carbocycles. The van der Waals surface area contributed by atoms with Crippen LogP contribution in [-0.4, -0.2) is 27.2 Å². The average molecular weight is 236 g/mol. The third-order valence-electron chi connectivity index (χ3n) is 1.89. The summed E-state index contributed by atoms with van der Waals surface area (Å²) in [6.07, 6.45) is -0.400. The second kappa shape index (κ2) is 5.86. The smallest absolute Gasteiger partial charge is 0.772 e. The number of rotatable bonds is 2. The molecule has 1 aliphatic heterocycles. The van der Waals surface area contributed by atoms with Crippen molar-refractivity contribution in [2.24, 2.45) is 0 Å². The number of para-hydroxylation sites is 2. The van der Waals surface area contributed by atoms with E-state index in [0.717, 1.165) is 0 Å². The van der Waals surface area contributed by atoms with E-state index < -0.39 is 17.2 Å². The number of ether oxygens (including phenoxy) is 2. The summed E-state index contributed by atoms with van der Waals surface area (Å²) >= 11 is -2.09. The number of hydrogen-bond donors (Lipinski definition) is 0. The minimum absolute atomic E-state index is 0. The standard InChI is InChI=1S/C9H10O4S.Na/c10-14(11)6-7-5-12-8-3-1-2-4-9(8)13-7;/h1-4,7H,5-6H2,(H,10,11);/q;+1/p-1. The largest absolute Gasteiger partial charge is 1.00 e. The average Bonchev–Trinajstić information content (AvgIpc) is 2.17. The van der Waals surface area contributed by atoms with Crippen LogP contribution in [-0.2, 0) is 11.1 Å². The quantitative estimate of drug-likeness (QED) is 0.428. The SMILES string of the molecule is O=S([O-])CC1COc2ccccc2O1.[Na+]. The fourth-order valence-corrected chi connectivity index (χ4v) is 1.76. The fraction of sp³-hybridized carbons (Fsp3) is 0.333. The zero-order chi connectivity index (χ0) is 9.97. The molecule has 4 nitrogen and oxygen atoms in total. The van der Waals surface area contributed by atoms with E-state index in [-0.39, 0.29) is 41.9 Å². The number of benzene rings is 1. The summed E-state index contributed by atoms with van der Waals surface area (Å²) < 4.78 is 31.7. The van der Waals surface area contributed by atoms with E-state index in [1.54, 1.807) is 12.1 Å². The van der Waals surface area contributed by atoms with E-state index >= 15 is 0 Å². The van der Waals surface area contributed by atoms with Gasteiger partial charge in [-0.1, -0.05) is 23.2 Å². The fourth-order valence-electron chi connectivity index (χ4n) is 1.30. The van der Waals surface area contributed by atoms with Crippen molar-refractivity contribution in [2.45, 2.75) is 6.10 Å². The predicted molar refractivity (Wildman–Crippen MR) is 50.1 cm³/mol. The summed E-state index contributed by atoms with van der Waals surface area (Å²) in [5, 5.41) is 0. The summed E-state index contributed by atoms with van der Waals surface area (Å²) in [5.74, 6) is 1.24. The molecule has 0 amide bonds. The van der Waals surface area contributed by atoms with E-state index in [1.165, 1.54) is 0 Å². The Morgan fingerprint density at radius 2 is 2.07 bits per heavy atom. The molecular formula is C9H9NaO4S. The van der Waals surface area contributed by atoms with Crippen LogP contribution in [0.25, 0.3) is 0 Å². The van der Waals surface area contributed by atoms with Crippen LogP contribution in [0.15, 0.2) is 24.3 Å². The minimum Gasteiger partial charge on any atom is -0.772 e. The Kier molecular flexibility index (Phi) is 5.08. The van der Waals surface area contributed by atoms with E-state index in [1.807, 2.05) is 12.1 Å². The van der Waals surface area contributed by atoms with Crippen molar-refractivity contribution in [1.82, 2.24) is 0 Å². The Balaban J connectivity index is 0.00000112. The second-order valence-electron chi connectivity index (χ2n) is 2.97. The van der Waals surface area contributed by atoms with Gasteiger partial charge in [-0.05, 0) is 12.1 Å². The number of fused-ring (bicyclic) bond motifs is 1. The Labute approximate surface area is 113 Å². The first-order valence-electron chi connectivity index (χ1n) is 4.20. The van der Waals surface area contributed by atoms with Gasteiger partial charge >= 0.3 is 29.6 Å². The van der Waals surface area contributed by atoms with Crippen LogP contribution in [0, 0.1) is 0 Å². The third-order valence-corrected chi connectivity index (χ3v) is 2.53. The Hall–Kier alpha value is -0.0700. The molecule has 0 saturated heterocycles. The van der Waals surface area contributed by atoms with Crippen molar-refractivity contribution in [3.05, 3.63) is 24.3 Å². The minimum atomic E-state index is -2.09.